The van der Waals surface area contributed by atoms with E-state index in [2.05, 4.69) is 32.2 Å². The second-order valence-electron chi connectivity index (χ2n) is 8.05. The second-order valence-corrected chi connectivity index (χ2v) is 9.82. The maximum absolute atomic E-state index is 13.1. The first kappa shape index (κ1) is 25.7. The van der Waals surface area contributed by atoms with Gasteiger partial charge in [-0.05, 0) is 19.4 Å². The summed E-state index contributed by atoms with van der Waals surface area (Å²) in [7, 11) is 0. The molecule has 0 bridgehead atoms. The topological polar surface area (TPSA) is 167 Å². The van der Waals surface area contributed by atoms with Gasteiger partial charge in [-0.3, -0.25) is 14.7 Å². The maximum Gasteiger partial charge on any atom is 1.00 e. The van der Waals surface area contributed by atoms with E-state index >= 15 is 0 Å². The third kappa shape index (κ3) is 4.97. The molecule has 0 radical (unpaired) electrons. The number of thioether (sulfide) groups is 1. The smallest absolute Gasteiger partial charge is 0.480 e. The van der Waals surface area contributed by atoms with Crippen LogP contribution in [-0.4, -0.2) is 71.5 Å². The van der Waals surface area contributed by atoms with Gasteiger partial charge in [0.15, 0.2) is 0 Å². The van der Waals surface area contributed by atoms with Crippen LogP contribution in [0.25, 0.3) is 0 Å². The number of carboxylic acids is 1. The van der Waals surface area contributed by atoms with E-state index in [-0.39, 0.29) is 29.0 Å². The molecule has 12 nitrogen and oxygen atoms in total. The fourth-order valence-corrected chi connectivity index (χ4v) is 5.51. The molecule has 1 aromatic heterocycles. The van der Waals surface area contributed by atoms with Crippen molar-refractivity contribution in [2.75, 3.05) is 0 Å². The molecule has 2 aromatic rings. The second kappa shape index (κ2) is 10.2. The Morgan fingerprint density at radius 2 is 2.03 bits per heavy atom. The standard InChI is InChI=1S/C20H21N6O6S.Au/c1-20(2)14(18(29)30)26-16(28)13(17(26)33-20)22-15(27)12(10-6-4-3-5-7-10)23-19(31)32-9-11-8-21-25-24-11;/h3-7,12-14,17H,9H2,1-2H3,(H,22,27)(H,23,31)(H,29,30)(H,21,24,25);/q-1;+1/t12-,13-,14+,17-;/m1./s1. The molecule has 184 valence electrons. The van der Waals surface area contributed by atoms with Crippen molar-refractivity contribution in [2.45, 2.75) is 48.7 Å². The maximum atomic E-state index is 13.1. The van der Waals surface area contributed by atoms with Crippen molar-refractivity contribution in [2.24, 2.45) is 0 Å². The summed E-state index contributed by atoms with van der Waals surface area (Å²) in [6, 6.07) is 5.45. The molecular weight excluding hydrogens is 649 g/mol. The average molecular weight is 670 g/mol. The van der Waals surface area contributed by atoms with Gasteiger partial charge in [0.05, 0.1) is 0 Å². The Morgan fingerprint density at radius 3 is 2.65 bits per heavy atom. The largest absolute Gasteiger partial charge is 1.00 e. The third-order valence-electron chi connectivity index (χ3n) is 5.40. The predicted molar refractivity (Wildman–Crippen MR) is 113 cm³/mol. The minimum Gasteiger partial charge on any atom is -0.480 e. The number of nitrogens with one attached hydrogen (secondary N) is 3. The number of hydrogen-bond donors (Lipinski definition) is 4. The molecule has 4 N–H and O–H groups in total. The normalized spacial score (nSPS) is 23.1. The number of alkyl carbamates (subject to hydrolysis) is 1. The molecule has 1 aromatic carbocycles. The summed E-state index contributed by atoms with van der Waals surface area (Å²) in [6.07, 6.45) is 1.63. The SMILES string of the molecule is CC1(C)S[C@@H]2[C@H](NC(=O)[C@H](NC(=O)OCc3[c-]nn[nH]3)c3ccccc3)C(=O)N2[C@H]1C(=O)O.[Au+]. The Morgan fingerprint density at radius 1 is 1.32 bits per heavy atom. The van der Waals surface area contributed by atoms with Gasteiger partial charge in [-0.25, -0.2) is 9.59 Å². The van der Waals surface area contributed by atoms with Crippen LogP contribution in [0, 0.1) is 6.20 Å². The summed E-state index contributed by atoms with van der Waals surface area (Å²) in [5.74, 6) is -2.19. The Hall–Kier alpha value is -2.87. The molecule has 0 spiro atoms. The van der Waals surface area contributed by atoms with Crippen LogP contribution in [0.5, 0.6) is 0 Å². The van der Waals surface area contributed by atoms with Crippen LogP contribution in [0.4, 0.5) is 4.79 Å². The molecule has 0 unspecified atom stereocenters. The molecule has 4 atom stereocenters. The summed E-state index contributed by atoms with van der Waals surface area (Å²) in [5, 5.41) is 23.6. The molecule has 2 aliphatic heterocycles. The zero-order valence-electron chi connectivity index (χ0n) is 17.9. The van der Waals surface area contributed by atoms with Gasteiger partial charge in [-0.1, -0.05) is 36.0 Å². The number of rotatable bonds is 7. The zero-order valence-corrected chi connectivity index (χ0v) is 20.9. The molecule has 4 rings (SSSR count). The number of carbonyl (C=O) groups excluding carboxylic acids is 3. The first-order valence-corrected chi connectivity index (χ1v) is 10.9. The van der Waals surface area contributed by atoms with E-state index in [4.69, 9.17) is 4.74 Å². The van der Waals surface area contributed by atoms with E-state index in [1.807, 2.05) is 0 Å². The van der Waals surface area contributed by atoms with Crippen molar-refractivity contribution in [3.8, 4) is 0 Å². The Balaban J connectivity index is 0.00000324. The van der Waals surface area contributed by atoms with E-state index in [9.17, 15) is 24.3 Å². The van der Waals surface area contributed by atoms with Crippen LogP contribution in [0.15, 0.2) is 30.3 Å². The fraction of sp³-hybridized carbons (Fsp3) is 0.400. The molecule has 34 heavy (non-hydrogen) atoms. The minimum atomic E-state index is -1.14. The van der Waals surface area contributed by atoms with Crippen molar-refractivity contribution >= 4 is 35.6 Å². The molecule has 2 saturated heterocycles. The van der Waals surface area contributed by atoms with Gasteiger partial charge >= 0.3 is 34.4 Å². The quantitative estimate of drug-likeness (QED) is 0.183. The number of fused-ring (bicyclic) bond motifs is 1. The van der Waals surface area contributed by atoms with Crippen LogP contribution in [0.3, 0.4) is 0 Å². The van der Waals surface area contributed by atoms with Gasteiger partial charge in [0.25, 0.3) is 0 Å². The first-order valence-electron chi connectivity index (χ1n) is 9.98. The van der Waals surface area contributed by atoms with Gasteiger partial charge in [-0.15, -0.1) is 17.0 Å². The number of carbonyl (C=O) groups is 4. The van der Waals surface area contributed by atoms with E-state index < -0.39 is 52.1 Å². The number of aromatic amines is 1. The number of aromatic nitrogens is 3. The van der Waals surface area contributed by atoms with Crippen LogP contribution in [0.1, 0.15) is 31.1 Å². The summed E-state index contributed by atoms with van der Waals surface area (Å²) >= 11 is 1.31. The van der Waals surface area contributed by atoms with Crippen molar-refractivity contribution in [1.29, 1.82) is 0 Å². The van der Waals surface area contributed by atoms with E-state index in [0.717, 1.165) is 0 Å². The number of H-pyrrole nitrogens is 1. The van der Waals surface area contributed by atoms with Gasteiger partial charge in [0, 0.05) is 4.75 Å². The number of carboxylic acid groups (broad SMARTS) is 1. The first-order chi connectivity index (χ1) is 15.7. The van der Waals surface area contributed by atoms with Crippen molar-refractivity contribution in [1.82, 2.24) is 30.9 Å². The molecule has 3 amide bonds. The molecule has 0 saturated carbocycles. The summed E-state index contributed by atoms with van der Waals surface area (Å²) < 4.78 is 4.36. The van der Waals surface area contributed by atoms with Crippen LogP contribution >= 0.6 is 11.8 Å². The zero-order chi connectivity index (χ0) is 23.8. The molecule has 2 aliphatic rings. The minimum absolute atomic E-state index is 0. The predicted octanol–water partition coefficient (Wildman–Crippen LogP) is 0.202. The molecule has 14 heteroatoms. The summed E-state index contributed by atoms with van der Waals surface area (Å²) in [5.41, 5.74) is 0.827. The number of β-lactam (4-membered cyclic amide) rings is 1. The Bertz CT molecular complexity index is 1070. The van der Waals surface area contributed by atoms with Crippen molar-refractivity contribution in [3.05, 3.63) is 47.8 Å². The van der Waals surface area contributed by atoms with Crippen LogP contribution in [0.2, 0.25) is 0 Å². The van der Waals surface area contributed by atoms with E-state index in [1.54, 1.807) is 44.2 Å². The fourth-order valence-electron chi connectivity index (χ4n) is 3.89. The van der Waals surface area contributed by atoms with Crippen molar-refractivity contribution in [3.63, 3.8) is 0 Å². The number of benzene rings is 1. The Kier molecular flexibility index (Phi) is 7.70. The molecular formula is C20H21AuN6O6S. The monoisotopic (exact) mass is 670 g/mol. The third-order valence-corrected chi connectivity index (χ3v) is 6.97. The van der Waals surface area contributed by atoms with Crippen LogP contribution in [-0.2, 0) is 48.1 Å². The number of amides is 3. The van der Waals surface area contributed by atoms with Crippen molar-refractivity contribution < 1.29 is 51.4 Å². The number of ether oxygens (including phenoxy) is 1. The average Bonchev–Trinajstić information content (AvgIpc) is 3.38. The Labute approximate surface area is 214 Å². The van der Waals surface area contributed by atoms with E-state index in [1.165, 1.54) is 16.7 Å². The number of aliphatic carboxylic acids is 1. The molecule has 2 fully saturated rings. The van der Waals surface area contributed by atoms with E-state index in [0.29, 0.717) is 11.3 Å². The van der Waals surface area contributed by atoms with Gasteiger partial charge in [0.2, 0.25) is 11.8 Å². The molecule has 0 aliphatic carbocycles. The summed E-state index contributed by atoms with van der Waals surface area (Å²) in [4.78, 5) is 51.1. The van der Waals surface area contributed by atoms with Gasteiger partial charge in [-0.2, -0.15) is 0 Å². The molecule has 3 heterocycles. The van der Waals surface area contributed by atoms with Gasteiger partial charge in [0.1, 0.15) is 30.1 Å². The number of nitrogens with zero attached hydrogens (tertiary/aromatic N) is 3. The number of hydrogen-bond acceptors (Lipinski definition) is 8. The van der Waals surface area contributed by atoms with Gasteiger partial charge < -0.3 is 36.7 Å². The summed E-state index contributed by atoms with van der Waals surface area (Å²) in [6.45, 7) is 3.32. The van der Waals surface area contributed by atoms with Crippen LogP contribution < -0.4 is 10.6 Å².